The average Bonchev–Trinajstić information content (AvgIpc) is 3.37. The Morgan fingerprint density at radius 3 is 2.74 bits per heavy atom. The van der Waals surface area contributed by atoms with Crippen LogP contribution in [-0.4, -0.2) is 27.3 Å². The van der Waals surface area contributed by atoms with E-state index < -0.39 is 5.91 Å². The fraction of sp³-hybridized carbons (Fsp3) is 0.346. The fourth-order valence-corrected chi connectivity index (χ4v) is 4.48. The zero-order chi connectivity index (χ0) is 24.9. The number of carbonyl (C=O) groups is 1. The van der Waals surface area contributed by atoms with E-state index in [1.165, 1.54) is 0 Å². The topological polar surface area (TPSA) is 103 Å². The van der Waals surface area contributed by atoms with E-state index in [2.05, 4.69) is 34.8 Å². The van der Waals surface area contributed by atoms with Gasteiger partial charge in [0.25, 0.3) is 5.95 Å². The van der Waals surface area contributed by atoms with Crippen molar-refractivity contribution < 1.29 is 18.7 Å². The lowest BCUT2D eigenvalue weighted by Crippen LogP contribution is -2.29. The maximum atomic E-state index is 12.7. The molecule has 0 atom stereocenters. The summed E-state index contributed by atoms with van der Waals surface area (Å²) in [7, 11) is 1.84. The third-order valence-electron chi connectivity index (χ3n) is 6.48. The second-order valence-corrected chi connectivity index (χ2v) is 9.63. The maximum Gasteiger partial charge on any atom is 0.305 e. The van der Waals surface area contributed by atoms with E-state index in [0.29, 0.717) is 18.2 Å². The smallest absolute Gasteiger partial charge is 0.305 e. The van der Waals surface area contributed by atoms with Gasteiger partial charge in [-0.2, -0.15) is 5.10 Å². The van der Waals surface area contributed by atoms with Crippen molar-refractivity contribution in [2.24, 2.45) is 7.05 Å². The van der Waals surface area contributed by atoms with Gasteiger partial charge in [0.1, 0.15) is 17.3 Å². The van der Waals surface area contributed by atoms with Gasteiger partial charge < -0.3 is 13.9 Å². The Morgan fingerprint density at radius 1 is 1.14 bits per heavy atom. The summed E-state index contributed by atoms with van der Waals surface area (Å²) in [5, 5.41) is 5.42. The zero-order valence-electron chi connectivity index (χ0n) is 20.8. The molecule has 4 aromatic rings. The highest BCUT2D eigenvalue weighted by molar-refractivity contribution is 5.92. The van der Waals surface area contributed by atoms with Crippen molar-refractivity contribution in [3.63, 3.8) is 0 Å². The number of fused-ring (bicyclic) bond motifs is 2. The van der Waals surface area contributed by atoms with E-state index in [0.717, 1.165) is 45.6 Å². The van der Waals surface area contributed by atoms with Crippen molar-refractivity contribution in [1.82, 2.24) is 20.2 Å². The molecule has 0 unspecified atom stereocenters. The molecule has 9 heteroatoms. The molecule has 0 saturated carbocycles. The molecule has 0 bridgehead atoms. The Labute approximate surface area is 203 Å². The summed E-state index contributed by atoms with van der Waals surface area (Å²) in [6.07, 6.45) is 0.933. The van der Waals surface area contributed by atoms with Gasteiger partial charge in [-0.05, 0) is 68.0 Å². The molecule has 3 aromatic heterocycles. The minimum absolute atomic E-state index is 0.0111. The van der Waals surface area contributed by atoms with Crippen molar-refractivity contribution in [3.05, 3.63) is 58.5 Å². The predicted molar refractivity (Wildman–Crippen MR) is 132 cm³/mol. The number of aromatic nitrogens is 3. The molecule has 1 aromatic carbocycles. The zero-order valence-corrected chi connectivity index (χ0v) is 20.8. The first kappa shape index (κ1) is 22.8. The number of hydrazine groups is 1. The lowest BCUT2D eigenvalue weighted by molar-refractivity contribution is 0.0930. The summed E-state index contributed by atoms with van der Waals surface area (Å²) in [6.45, 7) is 11.0. The van der Waals surface area contributed by atoms with Gasteiger partial charge in [-0.25, -0.2) is 4.98 Å². The Morgan fingerprint density at radius 2 is 1.94 bits per heavy atom. The van der Waals surface area contributed by atoms with Crippen molar-refractivity contribution >= 4 is 22.8 Å². The number of nitrogens with one attached hydrogen (secondary N) is 2. The van der Waals surface area contributed by atoms with Crippen LogP contribution in [0, 0.1) is 20.8 Å². The lowest BCUT2D eigenvalue weighted by Gasteiger charge is -2.33. The van der Waals surface area contributed by atoms with E-state index in [-0.39, 0.29) is 17.1 Å². The highest BCUT2D eigenvalue weighted by Gasteiger charge is 2.30. The number of aryl methyl sites for hydroxylation is 4. The SMILES string of the molecule is Cc1cc2c(cc1Oc1ccc(C(=O)NNc3cc(C)c4c(C)nn(C)c4n3)o1)C(C)(C)CCO2. The summed E-state index contributed by atoms with van der Waals surface area (Å²) in [5.74, 6) is 1.96. The van der Waals surface area contributed by atoms with Crippen LogP contribution in [0.4, 0.5) is 5.82 Å². The first-order valence-corrected chi connectivity index (χ1v) is 11.6. The molecule has 9 nitrogen and oxygen atoms in total. The van der Waals surface area contributed by atoms with Crippen molar-refractivity contribution in [2.75, 3.05) is 12.0 Å². The van der Waals surface area contributed by atoms with E-state index in [4.69, 9.17) is 13.9 Å². The number of anilines is 1. The number of ether oxygens (including phenoxy) is 2. The van der Waals surface area contributed by atoms with Gasteiger partial charge in [0.05, 0.1) is 12.3 Å². The normalized spacial score (nSPS) is 14.3. The summed E-state index contributed by atoms with van der Waals surface area (Å²) < 4.78 is 19.2. The largest absolute Gasteiger partial charge is 0.493 e. The molecule has 0 radical (unpaired) electrons. The summed E-state index contributed by atoms with van der Waals surface area (Å²) in [6, 6.07) is 9.04. The lowest BCUT2D eigenvalue weighted by atomic mass is 9.79. The quantitative estimate of drug-likeness (QED) is 0.387. The summed E-state index contributed by atoms with van der Waals surface area (Å²) in [4.78, 5) is 17.2. The summed E-state index contributed by atoms with van der Waals surface area (Å²) in [5.41, 5.74) is 10.2. The first-order chi connectivity index (χ1) is 16.6. The highest BCUT2D eigenvalue weighted by Crippen LogP contribution is 2.42. The molecule has 1 aliphatic rings. The molecule has 0 saturated heterocycles. The van der Waals surface area contributed by atoms with Gasteiger partial charge in [0.2, 0.25) is 0 Å². The van der Waals surface area contributed by atoms with Crippen LogP contribution in [0.25, 0.3) is 11.0 Å². The number of pyridine rings is 1. The van der Waals surface area contributed by atoms with E-state index in [1.807, 2.05) is 46.0 Å². The molecule has 0 spiro atoms. The third-order valence-corrected chi connectivity index (χ3v) is 6.48. The van der Waals surface area contributed by atoms with Crippen LogP contribution in [0.3, 0.4) is 0 Å². The van der Waals surface area contributed by atoms with E-state index in [1.54, 1.807) is 16.8 Å². The molecule has 0 fully saturated rings. The number of hydrogen-bond donors (Lipinski definition) is 2. The van der Waals surface area contributed by atoms with Crippen LogP contribution in [0.5, 0.6) is 17.4 Å². The van der Waals surface area contributed by atoms with Gasteiger partial charge in [-0.1, -0.05) is 13.8 Å². The molecule has 35 heavy (non-hydrogen) atoms. The minimum Gasteiger partial charge on any atom is -0.493 e. The van der Waals surface area contributed by atoms with Gasteiger partial charge in [0.15, 0.2) is 11.4 Å². The molecule has 1 amide bonds. The second-order valence-electron chi connectivity index (χ2n) is 9.63. The molecule has 5 rings (SSSR count). The number of carbonyl (C=O) groups excluding carboxylic acids is 1. The number of hydrogen-bond acceptors (Lipinski definition) is 7. The number of furan rings is 1. The Bertz CT molecular complexity index is 1450. The number of benzene rings is 1. The standard InChI is InChI=1S/C26H29N5O4/c1-14-11-20-17(26(4,5)9-10-33-20)13-19(14)35-22-8-7-18(34-22)25(32)29-28-21-12-15(2)23-16(3)30-31(6)24(23)27-21/h7-8,11-13H,9-10H2,1-6H3,(H,27,28)(H,29,32). The molecule has 0 aliphatic carbocycles. The fourth-order valence-electron chi connectivity index (χ4n) is 4.48. The number of amides is 1. The predicted octanol–water partition coefficient (Wildman–Crippen LogP) is 5.10. The third kappa shape index (κ3) is 4.18. The highest BCUT2D eigenvalue weighted by atomic mass is 16.6. The van der Waals surface area contributed by atoms with Gasteiger partial charge in [-0.3, -0.25) is 20.3 Å². The average molecular weight is 476 g/mol. The van der Waals surface area contributed by atoms with E-state index in [9.17, 15) is 4.79 Å². The van der Waals surface area contributed by atoms with Crippen LogP contribution in [0.15, 0.2) is 34.7 Å². The van der Waals surface area contributed by atoms with Crippen molar-refractivity contribution in [1.29, 1.82) is 0 Å². The minimum atomic E-state index is -0.447. The second kappa shape index (κ2) is 8.33. The number of nitrogens with zero attached hydrogens (tertiary/aromatic N) is 3. The van der Waals surface area contributed by atoms with Crippen LogP contribution in [0.2, 0.25) is 0 Å². The Kier molecular flexibility index (Phi) is 5.42. The molecule has 1 aliphatic heterocycles. The first-order valence-electron chi connectivity index (χ1n) is 11.6. The summed E-state index contributed by atoms with van der Waals surface area (Å²) >= 11 is 0. The monoisotopic (exact) mass is 475 g/mol. The van der Waals surface area contributed by atoms with Gasteiger partial charge in [0, 0.05) is 24.1 Å². The van der Waals surface area contributed by atoms with Crippen LogP contribution in [0.1, 0.15) is 53.2 Å². The molecule has 182 valence electrons. The molecular weight excluding hydrogens is 446 g/mol. The van der Waals surface area contributed by atoms with Crippen LogP contribution < -0.4 is 20.3 Å². The van der Waals surface area contributed by atoms with Crippen LogP contribution in [-0.2, 0) is 12.5 Å². The maximum absolute atomic E-state index is 12.7. The molecule has 4 heterocycles. The van der Waals surface area contributed by atoms with Gasteiger partial charge in [-0.15, -0.1) is 0 Å². The van der Waals surface area contributed by atoms with Crippen molar-refractivity contribution in [2.45, 2.75) is 46.5 Å². The Balaban J connectivity index is 1.29. The van der Waals surface area contributed by atoms with Gasteiger partial charge >= 0.3 is 5.91 Å². The van der Waals surface area contributed by atoms with Crippen molar-refractivity contribution in [3.8, 4) is 17.4 Å². The number of rotatable bonds is 5. The Hall–Kier alpha value is -4.01. The molecule has 2 N–H and O–H groups in total. The van der Waals surface area contributed by atoms with Crippen LogP contribution >= 0.6 is 0 Å². The van der Waals surface area contributed by atoms with E-state index >= 15 is 0 Å². The molecular formula is C26H29N5O4.